The van der Waals surface area contributed by atoms with Gasteiger partial charge >= 0.3 is 12.1 Å². The molecule has 0 saturated carbocycles. The highest BCUT2D eigenvalue weighted by atomic mass is 19.4. The monoisotopic (exact) mass is 370 g/mol. The molecule has 4 rings (SSSR count). The fraction of sp³-hybridized carbons (Fsp3) is 0.529. The van der Waals surface area contributed by atoms with Gasteiger partial charge in [0.1, 0.15) is 11.3 Å². The summed E-state index contributed by atoms with van der Waals surface area (Å²) in [6.07, 6.45) is -1.29. The van der Waals surface area contributed by atoms with Gasteiger partial charge in [-0.25, -0.2) is 4.79 Å². The fourth-order valence-corrected chi connectivity index (χ4v) is 3.35. The molecule has 0 radical (unpaired) electrons. The van der Waals surface area contributed by atoms with Crippen molar-refractivity contribution in [3.05, 3.63) is 28.8 Å². The van der Waals surface area contributed by atoms with Crippen molar-refractivity contribution in [2.45, 2.75) is 45.0 Å². The minimum Gasteiger partial charge on any atom is -0.460 e. The smallest absolute Gasteiger partial charge is 0.421 e. The lowest BCUT2D eigenvalue weighted by Gasteiger charge is -2.26. The summed E-state index contributed by atoms with van der Waals surface area (Å²) in [4.78, 5) is 12.0. The summed E-state index contributed by atoms with van der Waals surface area (Å²) in [5, 5.41) is 4.33. The lowest BCUT2D eigenvalue weighted by molar-refractivity contribution is -0.138. The maximum Gasteiger partial charge on any atom is 0.421 e. The van der Waals surface area contributed by atoms with E-state index in [1.54, 1.807) is 10.9 Å². The summed E-state index contributed by atoms with van der Waals surface area (Å²) >= 11 is 0. The molecule has 140 valence electrons. The largest absolute Gasteiger partial charge is 0.460 e. The number of hydrogen-bond donors (Lipinski definition) is 0. The Kier molecular flexibility index (Phi) is 4.06. The van der Waals surface area contributed by atoms with Crippen LogP contribution in [0.4, 0.5) is 13.2 Å². The van der Waals surface area contributed by atoms with Gasteiger partial charge in [-0.05, 0) is 25.3 Å². The standard InChI is InChI=1S/C17H17F3N2O4/c1-2-24-16(23)15-13(17(18,19)20)12-11(26-15)4-3-9-7-22(21-14(9)12)8-10-5-6-25-10/h7,10H,2-6,8H2,1H3. The lowest BCUT2D eigenvalue weighted by Crippen LogP contribution is -2.31. The van der Waals surface area contributed by atoms with Gasteiger partial charge in [-0.1, -0.05) is 0 Å². The Hall–Kier alpha value is -2.29. The van der Waals surface area contributed by atoms with E-state index >= 15 is 0 Å². The number of ether oxygens (including phenoxy) is 2. The third-order valence-corrected chi connectivity index (χ3v) is 4.61. The van der Waals surface area contributed by atoms with Crippen LogP contribution in [0.5, 0.6) is 0 Å². The number of furan rings is 1. The first-order chi connectivity index (χ1) is 12.4. The van der Waals surface area contributed by atoms with Gasteiger partial charge in [0.15, 0.2) is 0 Å². The number of carbonyl (C=O) groups is 1. The second kappa shape index (κ2) is 6.15. The van der Waals surface area contributed by atoms with Gasteiger partial charge in [0.25, 0.3) is 0 Å². The van der Waals surface area contributed by atoms with Crippen molar-refractivity contribution in [3.63, 3.8) is 0 Å². The number of hydrogen-bond acceptors (Lipinski definition) is 5. The molecule has 0 spiro atoms. The number of aromatic nitrogens is 2. The summed E-state index contributed by atoms with van der Waals surface area (Å²) in [6.45, 7) is 2.67. The van der Waals surface area contributed by atoms with Crippen molar-refractivity contribution in [1.82, 2.24) is 9.78 Å². The van der Waals surface area contributed by atoms with E-state index in [0.717, 1.165) is 6.42 Å². The van der Waals surface area contributed by atoms with E-state index in [2.05, 4.69) is 5.10 Å². The van der Waals surface area contributed by atoms with Crippen LogP contribution in [0.3, 0.4) is 0 Å². The Labute approximate surface area is 146 Å². The number of aryl methyl sites for hydroxylation is 2. The van der Waals surface area contributed by atoms with E-state index in [-0.39, 0.29) is 36.1 Å². The van der Waals surface area contributed by atoms with E-state index in [9.17, 15) is 18.0 Å². The van der Waals surface area contributed by atoms with Crippen molar-refractivity contribution in [1.29, 1.82) is 0 Å². The zero-order valence-electron chi connectivity index (χ0n) is 14.1. The molecule has 2 aliphatic rings. The molecule has 0 amide bonds. The van der Waals surface area contributed by atoms with E-state index < -0.39 is 23.5 Å². The SMILES string of the molecule is CCOC(=O)c1oc2c(c1C(F)(F)F)-c1nn(CC3CCO3)cc1CC2. The van der Waals surface area contributed by atoms with E-state index in [1.165, 1.54) is 6.92 Å². The van der Waals surface area contributed by atoms with Crippen LogP contribution in [0, 0.1) is 0 Å². The van der Waals surface area contributed by atoms with Gasteiger partial charge in [-0.3, -0.25) is 4.68 Å². The molecular weight excluding hydrogens is 353 g/mol. The summed E-state index contributed by atoms with van der Waals surface area (Å²) in [5.74, 6) is -1.79. The average Bonchev–Trinajstić information content (AvgIpc) is 3.11. The third-order valence-electron chi connectivity index (χ3n) is 4.61. The lowest BCUT2D eigenvalue weighted by atomic mass is 9.93. The highest BCUT2D eigenvalue weighted by Crippen LogP contribution is 2.46. The molecule has 1 fully saturated rings. The van der Waals surface area contributed by atoms with Gasteiger partial charge in [0.05, 0.1) is 30.5 Å². The summed E-state index contributed by atoms with van der Waals surface area (Å²) in [6, 6.07) is 0. The first kappa shape index (κ1) is 17.1. The molecule has 0 bridgehead atoms. The van der Waals surface area contributed by atoms with Crippen molar-refractivity contribution in [2.75, 3.05) is 13.2 Å². The molecule has 1 aliphatic carbocycles. The highest BCUT2D eigenvalue weighted by Gasteiger charge is 2.45. The Bertz CT molecular complexity index is 849. The molecule has 1 aliphatic heterocycles. The molecule has 6 nitrogen and oxygen atoms in total. The van der Waals surface area contributed by atoms with Crippen molar-refractivity contribution in [2.24, 2.45) is 0 Å². The van der Waals surface area contributed by atoms with Gasteiger partial charge in [-0.15, -0.1) is 0 Å². The van der Waals surface area contributed by atoms with Crippen molar-refractivity contribution >= 4 is 5.97 Å². The van der Waals surface area contributed by atoms with E-state index in [1.807, 2.05) is 0 Å². The van der Waals surface area contributed by atoms with Gasteiger partial charge in [-0.2, -0.15) is 18.3 Å². The molecule has 3 heterocycles. The quantitative estimate of drug-likeness (QED) is 0.773. The van der Waals surface area contributed by atoms with Crippen LogP contribution in [-0.4, -0.2) is 35.1 Å². The highest BCUT2D eigenvalue weighted by molar-refractivity contribution is 5.92. The van der Waals surface area contributed by atoms with Crippen LogP contribution < -0.4 is 0 Å². The molecule has 0 aromatic carbocycles. The number of carbonyl (C=O) groups excluding carboxylic acids is 1. The maximum absolute atomic E-state index is 13.7. The van der Waals surface area contributed by atoms with Crippen LogP contribution in [0.25, 0.3) is 11.3 Å². The zero-order chi connectivity index (χ0) is 18.5. The second-order valence-corrected chi connectivity index (χ2v) is 6.33. The molecule has 2 aromatic heterocycles. The van der Waals surface area contributed by atoms with Gasteiger partial charge in [0, 0.05) is 19.2 Å². The summed E-state index contributed by atoms with van der Waals surface area (Å²) in [7, 11) is 0. The minimum atomic E-state index is -4.76. The van der Waals surface area contributed by atoms with E-state index in [4.69, 9.17) is 13.9 Å². The Morgan fingerprint density at radius 2 is 2.19 bits per heavy atom. The number of alkyl halides is 3. The first-order valence-electron chi connectivity index (χ1n) is 8.46. The van der Waals surface area contributed by atoms with Crippen LogP contribution in [-0.2, 0) is 35.0 Å². The molecule has 1 unspecified atom stereocenters. The third kappa shape index (κ3) is 2.80. The summed E-state index contributed by atoms with van der Waals surface area (Å²) < 4.78 is 58.2. The maximum atomic E-state index is 13.7. The molecular formula is C17H17F3N2O4. The van der Waals surface area contributed by atoms with Crippen molar-refractivity contribution in [3.8, 4) is 11.3 Å². The number of nitrogens with zero attached hydrogens (tertiary/aromatic N) is 2. The van der Waals surface area contributed by atoms with Crippen molar-refractivity contribution < 1.29 is 31.9 Å². The second-order valence-electron chi connectivity index (χ2n) is 6.33. The molecule has 2 aromatic rings. The van der Waals surface area contributed by atoms with E-state index in [0.29, 0.717) is 25.1 Å². The number of esters is 1. The Balaban J connectivity index is 1.80. The summed E-state index contributed by atoms with van der Waals surface area (Å²) in [5.41, 5.74) is -0.317. The Morgan fingerprint density at radius 1 is 1.42 bits per heavy atom. The first-order valence-corrected chi connectivity index (χ1v) is 8.46. The number of fused-ring (bicyclic) bond motifs is 3. The predicted octanol–water partition coefficient (Wildman–Crippen LogP) is 3.23. The molecule has 26 heavy (non-hydrogen) atoms. The number of rotatable bonds is 4. The topological polar surface area (TPSA) is 66.5 Å². The molecule has 0 N–H and O–H groups in total. The molecule has 1 atom stereocenters. The normalized spacial score (nSPS) is 18.8. The van der Waals surface area contributed by atoms with Gasteiger partial charge in [0.2, 0.25) is 5.76 Å². The minimum absolute atomic E-state index is 0.0389. The van der Waals surface area contributed by atoms with Crippen LogP contribution >= 0.6 is 0 Å². The number of halogens is 3. The van der Waals surface area contributed by atoms with Crippen LogP contribution in [0.15, 0.2) is 10.6 Å². The fourth-order valence-electron chi connectivity index (χ4n) is 3.35. The predicted molar refractivity (Wildman–Crippen MR) is 82.7 cm³/mol. The molecule has 9 heteroatoms. The molecule has 1 saturated heterocycles. The van der Waals surface area contributed by atoms with Crippen LogP contribution in [0.1, 0.15) is 40.8 Å². The average molecular weight is 370 g/mol. The zero-order valence-corrected chi connectivity index (χ0v) is 14.1. The van der Waals surface area contributed by atoms with Gasteiger partial charge < -0.3 is 13.9 Å². The van der Waals surface area contributed by atoms with Crippen LogP contribution in [0.2, 0.25) is 0 Å². The Morgan fingerprint density at radius 3 is 2.81 bits per heavy atom.